The van der Waals surface area contributed by atoms with Crippen LogP contribution < -0.4 is 5.32 Å². The number of carbonyl (C=O) groups is 2. The number of likely N-dealkylation sites (tertiary alicyclic amines) is 1. The van der Waals surface area contributed by atoms with E-state index in [2.05, 4.69) is 24.1 Å². The van der Waals surface area contributed by atoms with Gasteiger partial charge < -0.3 is 14.8 Å². The maximum atomic E-state index is 14.2. The van der Waals surface area contributed by atoms with Crippen LogP contribution in [0.25, 0.3) is 0 Å². The normalized spacial score (nSPS) is 26.2. The summed E-state index contributed by atoms with van der Waals surface area (Å²) in [5, 5.41) is 2.88. The van der Waals surface area contributed by atoms with E-state index in [0.29, 0.717) is 29.3 Å². The van der Waals surface area contributed by atoms with Gasteiger partial charge >= 0.3 is 0 Å². The molecule has 2 aliphatic heterocycles. The molecule has 3 unspecified atom stereocenters. The van der Waals surface area contributed by atoms with E-state index in [1.807, 2.05) is 6.92 Å². The number of carbonyl (C=O) groups excluding carboxylic acids is 2. The Bertz CT molecular complexity index is 954. The molecule has 2 amide bonds. The molecule has 0 aliphatic carbocycles. The third kappa shape index (κ3) is 2.56. The standard InChI is InChI=1S/C21H25FN4O2/c1-12(2)7-15-8-13(3)21(26(15)19(27)18-10-25(4)11-23-18)16-9-14(22)5-6-17(16)24-20(21)28/h5-6,9-13,15H,7-8H2,1-4H3,(H,24,28). The number of aromatic nitrogens is 2. The summed E-state index contributed by atoms with van der Waals surface area (Å²) >= 11 is 0. The monoisotopic (exact) mass is 384 g/mol. The lowest BCUT2D eigenvalue weighted by molar-refractivity contribution is -0.127. The zero-order chi connectivity index (χ0) is 20.2. The number of nitrogens with one attached hydrogen (secondary N) is 1. The summed E-state index contributed by atoms with van der Waals surface area (Å²) in [6, 6.07) is 4.17. The van der Waals surface area contributed by atoms with Crippen molar-refractivity contribution in [3.63, 3.8) is 0 Å². The van der Waals surface area contributed by atoms with E-state index >= 15 is 0 Å². The van der Waals surface area contributed by atoms with E-state index in [-0.39, 0.29) is 23.8 Å². The lowest BCUT2D eigenvalue weighted by Crippen LogP contribution is -2.55. The van der Waals surface area contributed by atoms with Crippen molar-refractivity contribution in [2.45, 2.75) is 45.2 Å². The van der Waals surface area contributed by atoms with Crippen molar-refractivity contribution in [3.05, 3.63) is 47.8 Å². The van der Waals surface area contributed by atoms with Gasteiger partial charge in [0.25, 0.3) is 11.8 Å². The number of imidazole rings is 1. The summed E-state index contributed by atoms with van der Waals surface area (Å²) in [5.74, 6) is -0.770. The highest BCUT2D eigenvalue weighted by molar-refractivity contribution is 6.09. The topological polar surface area (TPSA) is 67.2 Å². The van der Waals surface area contributed by atoms with Crippen LogP contribution in [-0.4, -0.2) is 32.3 Å². The minimum absolute atomic E-state index is 0.121. The molecule has 7 heteroatoms. The summed E-state index contributed by atoms with van der Waals surface area (Å²) in [7, 11) is 1.80. The molecule has 3 heterocycles. The van der Waals surface area contributed by atoms with Crippen molar-refractivity contribution >= 4 is 17.5 Å². The Morgan fingerprint density at radius 2 is 2.18 bits per heavy atom. The molecule has 28 heavy (non-hydrogen) atoms. The fourth-order valence-electron chi connectivity index (χ4n) is 4.94. The van der Waals surface area contributed by atoms with Crippen LogP contribution in [0.2, 0.25) is 0 Å². The van der Waals surface area contributed by atoms with Crippen LogP contribution in [0.4, 0.5) is 10.1 Å². The zero-order valence-corrected chi connectivity index (χ0v) is 16.6. The highest BCUT2D eigenvalue weighted by atomic mass is 19.1. The molecule has 4 rings (SSSR count). The number of halogens is 1. The number of hydrogen-bond donors (Lipinski definition) is 1. The highest BCUT2D eigenvalue weighted by Crippen LogP contribution is 2.54. The number of rotatable bonds is 3. The number of anilines is 1. The second-order valence-corrected chi connectivity index (χ2v) is 8.43. The van der Waals surface area contributed by atoms with Gasteiger partial charge in [-0.3, -0.25) is 9.59 Å². The lowest BCUT2D eigenvalue weighted by Gasteiger charge is -2.39. The SMILES string of the molecule is CC(C)CC1CC(C)C2(C(=O)Nc3ccc(F)cc32)N1C(=O)c1cn(C)cn1. The Labute approximate surface area is 163 Å². The fraction of sp³-hybridized carbons (Fsp3) is 0.476. The number of fused-ring (bicyclic) bond motifs is 2. The smallest absolute Gasteiger partial charge is 0.275 e. The molecule has 1 saturated heterocycles. The van der Waals surface area contributed by atoms with E-state index in [9.17, 15) is 14.0 Å². The Morgan fingerprint density at radius 1 is 1.43 bits per heavy atom. The van der Waals surface area contributed by atoms with Crippen LogP contribution in [0.3, 0.4) is 0 Å². The van der Waals surface area contributed by atoms with Gasteiger partial charge in [-0.15, -0.1) is 0 Å². The molecule has 6 nitrogen and oxygen atoms in total. The predicted molar refractivity (Wildman–Crippen MR) is 103 cm³/mol. The number of hydrogen-bond acceptors (Lipinski definition) is 3. The molecule has 0 bridgehead atoms. The Hall–Kier alpha value is -2.70. The third-order valence-corrected chi connectivity index (χ3v) is 5.96. The molecule has 2 aliphatic rings. The molecule has 1 spiro atoms. The average Bonchev–Trinajstić information content (AvgIpc) is 3.25. The molecule has 1 fully saturated rings. The van der Waals surface area contributed by atoms with Crippen molar-refractivity contribution in [2.24, 2.45) is 18.9 Å². The molecule has 0 radical (unpaired) electrons. The van der Waals surface area contributed by atoms with E-state index in [1.165, 1.54) is 12.1 Å². The largest absolute Gasteiger partial charge is 0.340 e. The molecule has 1 aromatic carbocycles. The van der Waals surface area contributed by atoms with Crippen molar-refractivity contribution in [3.8, 4) is 0 Å². The van der Waals surface area contributed by atoms with Crippen molar-refractivity contribution in [2.75, 3.05) is 5.32 Å². The summed E-state index contributed by atoms with van der Waals surface area (Å²) in [6.45, 7) is 6.17. The molecular weight excluding hydrogens is 359 g/mol. The van der Waals surface area contributed by atoms with Gasteiger partial charge in [0, 0.05) is 30.5 Å². The van der Waals surface area contributed by atoms with Crippen molar-refractivity contribution < 1.29 is 14.0 Å². The van der Waals surface area contributed by atoms with E-state index in [4.69, 9.17) is 0 Å². The first-order chi connectivity index (χ1) is 13.2. The van der Waals surface area contributed by atoms with Crippen LogP contribution in [0.5, 0.6) is 0 Å². The van der Waals surface area contributed by atoms with Gasteiger partial charge in [0.15, 0.2) is 5.54 Å². The van der Waals surface area contributed by atoms with Crippen LogP contribution in [0.1, 0.15) is 49.7 Å². The number of nitrogens with zero attached hydrogens (tertiary/aromatic N) is 3. The predicted octanol–water partition coefficient (Wildman–Crippen LogP) is 3.30. The minimum Gasteiger partial charge on any atom is -0.340 e. The quantitative estimate of drug-likeness (QED) is 0.883. The van der Waals surface area contributed by atoms with Crippen molar-refractivity contribution in [1.29, 1.82) is 0 Å². The maximum absolute atomic E-state index is 14.2. The number of benzene rings is 1. The fourth-order valence-corrected chi connectivity index (χ4v) is 4.94. The minimum atomic E-state index is -1.22. The van der Waals surface area contributed by atoms with Gasteiger partial charge in [-0.05, 0) is 42.9 Å². The van der Waals surface area contributed by atoms with Gasteiger partial charge in [-0.25, -0.2) is 9.37 Å². The van der Waals surface area contributed by atoms with Gasteiger partial charge in [0.2, 0.25) is 0 Å². The second-order valence-electron chi connectivity index (χ2n) is 8.43. The number of amides is 2. The van der Waals surface area contributed by atoms with E-state index < -0.39 is 11.4 Å². The van der Waals surface area contributed by atoms with Gasteiger partial charge in [0.1, 0.15) is 11.5 Å². The summed E-state index contributed by atoms with van der Waals surface area (Å²) in [5.41, 5.74) is 0.191. The molecule has 148 valence electrons. The maximum Gasteiger partial charge on any atom is 0.275 e. The van der Waals surface area contributed by atoms with Crippen LogP contribution in [0, 0.1) is 17.7 Å². The highest BCUT2D eigenvalue weighted by Gasteiger charge is 2.62. The van der Waals surface area contributed by atoms with Crippen LogP contribution in [-0.2, 0) is 17.4 Å². The second kappa shape index (κ2) is 6.43. The van der Waals surface area contributed by atoms with Crippen molar-refractivity contribution in [1.82, 2.24) is 14.5 Å². The van der Waals surface area contributed by atoms with E-state index in [0.717, 1.165) is 6.42 Å². The third-order valence-electron chi connectivity index (χ3n) is 5.96. The Kier molecular flexibility index (Phi) is 4.28. The molecule has 3 atom stereocenters. The Balaban J connectivity index is 1.90. The molecule has 1 N–H and O–H groups in total. The zero-order valence-electron chi connectivity index (χ0n) is 16.6. The van der Waals surface area contributed by atoms with Crippen LogP contribution in [0.15, 0.2) is 30.7 Å². The molecule has 2 aromatic rings. The number of aryl methyl sites for hydroxylation is 1. The molecular formula is C21H25FN4O2. The van der Waals surface area contributed by atoms with E-state index in [1.54, 1.807) is 35.1 Å². The molecule has 0 saturated carbocycles. The van der Waals surface area contributed by atoms with Crippen LogP contribution >= 0.6 is 0 Å². The van der Waals surface area contributed by atoms with Gasteiger partial charge in [-0.1, -0.05) is 20.8 Å². The Morgan fingerprint density at radius 3 is 2.82 bits per heavy atom. The first kappa shape index (κ1) is 18.7. The first-order valence-electron chi connectivity index (χ1n) is 9.68. The average molecular weight is 384 g/mol. The lowest BCUT2D eigenvalue weighted by atomic mass is 9.80. The molecule has 1 aromatic heterocycles. The first-order valence-corrected chi connectivity index (χ1v) is 9.68. The van der Waals surface area contributed by atoms with Gasteiger partial charge in [0.05, 0.1) is 6.33 Å². The summed E-state index contributed by atoms with van der Waals surface area (Å²) in [4.78, 5) is 32.8. The van der Waals surface area contributed by atoms with Gasteiger partial charge in [-0.2, -0.15) is 0 Å². The summed E-state index contributed by atoms with van der Waals surface area (Å²) < 4.78 is 15.9. The summed E-state index contributed by atoms with van der Waals surface area (Å²) in [6.07, 6.45) is 4.67.